The molecule has 0 amide bonds. The average Bonchev–Trinajstić information content (AvgIpc) is 3.25. The highest BCUT2D eigenvalue weighted by Crippen LogP contribution is 2.32. The average molecular weight is 419 g/mol. The van der Waals surface area contributed by atoms with Crippen molar-refractivity contribution in [3.8, 4) is 34.0 Å². The van der Waals surface area contributed by atoms with Gasteiger partial charge in [0.05, 0.1) is 6.61 Å². The first-order valence-corrected chi connectivity index (χ1v) is 10.3. The fourth-order valence-electron chi connectivity index (χ4n) is 3.57. The summed E-state index contributed by atoms with van der Waals surface area (Å²) in [7, 11) is 1.70. The summed E-state index contributed by atoms with van der Waals surface area (Å²) in [5.41, 5.74) is 7.40. The van der Waals surface area contributed by atoms with Crippen molar-refractivity contribution in [2.24, 2.45) is 0 Å². The molecule has 4 rings (SSSR count). The Bertz CT molecular complexity index is 1180. The van der Waals surface area contributed by atoms with Crippen LogP contribution in [0.3, 0.4) is 0 Å². The largest absolute Gasteiger partial charge is 0.380 e. The first-order valence-electron chi connectivity index (χ1n) is 9.91. The zero-order valence-corrected chi connectivity index (χ0v) is 18.0. The Balaban J connectivity index is 1.71. The van der Waals surface area contributed by atoms with Gasteiger partial charge in [-0.25, -0.2) is 0 Å². The fourth-order valence-corrected chi connectivity index (χ4v) is 3.88. The highest BCUT2D eigenvalue weighted by molar-refractivity contribution is 6.31. The molecule has 4 nitrogen and oxygen atoms in total. The van der Waals surface area contributed by atoms with Crippen LogP contribution < -0.4 is 0 Å². The predicted molar refractivity (Wildman–Crippen MR) is 120 cm³/mol. The normalized spacial score (nSPS) is 11.1. The van der Waals surface area contributed by atoms with Crippen LogP contribution in [0.5, 0.6) is 0 Å². The predicted octanol–water partition coefficient (Wildman–Crippen LogP) is 6.74. The van der Waals surface area contributed by atoms with Gasteiger partial charge in [0, 0.05) is 23.3 Å². The maximum absolute atomic E-state index is 6.35. The van der Waals surface area contributed by atoms with Crippen LogP contribution in [-0.4, -0.2) is 17.3 Å². The van der Waals surface area contributed by atoms with Crippen molar-refractivity contribution < 1.29 is 9.26 Å². The molecule has 0 unspecified atom stereocenters. The van der Waals surface area contributed by atoms with Gasteiger partial charge in [0.1, 0.15) is 0 Å². The van der Waals surface area contributed by atoms with Gasteiger partial charge >= 0.3 is 0 Å². The SMILES string of the molecule is CCc1ccc(-c2noc(-c3ccc(-c4ccccc4C)c(COC)c3)n2)cc1Cl. The number of aromatic nitrogens is 2. The van der Waals surface area contributed by atoms with Gasteiger partial charge in [-0.15, -0.1) is 0 Å². The van der Waals surface area contributed by atoms with E-state index < -0.39 is 0 Å². The summed E-state index contributed by atoms with van der Waals surface area (Å²) < 4.78 is 11.0. The molecule has 4 aromatic rings. The van der Waals surface area contributed by atoms with Crippen LogP contribution in [0.2, 0.25) is 5.02 Å². The van der Waals surface area contributed by atoms with Crippen LogP contribution in [0.25, 0.3) is 34.0 Å². The number of benzene rings is 3. The van der Waals surface area contributed by atoms with E-state index >= 15 is 0 Å². The third-order valence-electron chi connectivity index (χ3n) is 5.21. The molecule has 0 saturated heterocycles. The lowest BCUT2D eigenvalue weighted by Gasteiger charge is -2.12. The summed E-state index contributed by atoms with van der Waals surface area (Å²) in [5.74, 6) is 0.986. The van der Waals surface area contributed by atoms with Crippen LogP contribution in [0.1, 0.15) is 23.6 Å². The molecule has 0 saturated carbocycles. The highest BCUT2D eigenvalue weighted by Gasteiger charge is 2.15. The summed E-state index contributed by atoms with van der Waals surface area (Å²) in [4.78, 5) is 4.59. The molecule has 0 N–H and O–H groups in total. The molecule has 0 bridgehead atoms. The van der Waals surface area contributed by atoms with Crippen LogP contribution in [-0.2, 0) is 17.8 Å². The maximum Gasteiger partial charge on any atom is 0.258 e. The van der Waals surface area contributed by atoms with E-state index in [-0.39, 0.29) is 0 Å². The molecule has 0 aliphatic heterocycles. The molecule has 0 spiro atoms. The summed E-state index contributed by atoms with van der Waals surface area (Å²) in [6.45, 7) is 4.68. The molecule has 1 heterocycles. The van der Waals surface area contributed by atoms with Crippen LogP contribution >= 0.6 is 11.6 Å². The van der Waals surface area contributed by atoms with Crippen molar-refractivity contribution in [3.63, 3.8) is 0 Å². The zero-order chi connectivity index (χ0) is 21.1. The first-order chi connectivity index (χ1) is 14.6. The molecule has 1 aromatic heterocycles. The van der Waals surface area contributed by atoms with Crippen molar-refractivity contribution >= 4 is 11.6 Å². The van der Waals surface area contributed by atoms with Crippen molar-refractivity contribution in [1.82, 2.24) is 10.1 Å². The zero-order valence-electron chi connectivity index (χ0n) is 17.3. The Morgan fingerprint density at radius 3 is 2.47 bits per heavy atom. The molecular formula is C25H23ClN2O2. The van der Waals surface area contributed by atoms with Gasteiger partial charge in [-0.3, -0.25) is 0 Å². The number of hydrogen-bond donors (Lipinski definition) is 0. The number of methoxy groups -OCH3 is 1. The topological polar surface area (TPSA) is 48.2 Å². The van der Waals surface area contributed by atoms with Crippen LogP contribution in [0.15, 0.2) is 65.2 Å². The molecule has 152 valence electrons. The molecule has 5 heteroatoms. The summed E-state index contributed by atoms with van der Waals surface area (Å²) in [6, 6.07) is 20.3. The number of nitrogens with zero attached hydrogens (tertiary/aromatic N) is 2. The Hall–Kier alpha value is -2.95. The summed E-state index contributed by atoms with van der Waals surface area (Å²) >= 11 is 6.35. The second kappa shape index (κ2) is 8.82. The minimum atomic E-state index is 0.467. The molecule has 30 heavy (non-hydrogen) atoms. The fraction of sp³-hybridized carbons (Fsp3) is 0.200. The summed E-state index contributed by atoms with van der Waals surface area (Å²) in [5, 5.41) is 4.87. The second-order valence-electron chi connectivity index (χ2n) is 7.20. The van der Waals surface area contributed by atoms with Crippen LogP contribution in [0, 0.1) is 6.92 Å². The van der Waals surface area contributed by atoms with E-state index in [1.165, 1.54) is 11.1 Å². The molecule has 0 aliphatic rings. The van der Waals surface area contributed by atoms with Gasteiger partial charge in [-0.2, -0.15) is 4.98 Å². The van der Waals surface area contributed by atoms with Gasteiger partial charge in [-0.1, -0.05) is 66.1 Å². The van der Waals surface area contributed by atoms with Gasteiger partial charge < -0.3 is 9.26 Å². The van der Waals surface area contributed by atoms with Crippen molar-refractivity contribution in [3.05, 3.63) is 82.4 Å². The number of hydrogen-bond acceptors (Lipinski definition) is 4. The molecule has 0 radical (unpaired) electrons. The molecular weight excluding hydrogens is 396 g/mol. The number of rotatable bonds is 6. The van der Waals surface area contributed by atoms with Gasteiger partial charge in [-0.05, 0) is 59.4 Å². The Morgan fingerprint density at radius 2 is 1.73 bits per heavy atom. The van der Waals surface area contributed by atoms with Gasteiger partial charge in [0.2, 0.25) is 5.82 Å². The Morgan fingerprint density at radius 1 is 0.933 bits per heavy atom. The van der Waals surface area contributed by atoms with Gasteiger partial charge in [0.15, 0.2) is 0 Å². The molecule has 3 aromatic carbocycles. The molecule has 0 atom stereocenters. The number of aryl methyl sites for hydroxylation is 2. The maximum atomic E-state index is 6.35. The first kappa shape index (κ1) is 20.3. The Labute approximate surface area is 181 Å². The molecule has 0 fully saturated rings. The van der Waals surface area contributed by atoms with Crippen molar-refractivity contribution in [2.45, 2.75) is 26.9 Å². The monoisotopic (exact) mass is 418 g/mol. The minimum absolute atomic E-state index is 0.467. The third-order valence-corrected chi connectivity index (χ3v) is 5.56. The van der Waals surface area contributed by atoms with E-state index in [0.29, 0.717) is 23.3 Å². The lowest BCUT2D eigenvalue weighted by Crippen LogP contribution is -1.95. The molecule has 0 aliphatic carbocycles. The van der Waals surface area contributed by atoms with E-state index in [4.69, 9.17) is 20.9 Å². The van der Waals surface area contributed by atoms with Gasteiger partial charge in [0.25, 0.3) is 5.89 Å². The number of ether oxygens (including phenoxy) is 1. The van der Waals surface area contributed by atoms with E-state index in [9.17, 15) is 0 Å². The van der Waals surface area contributed by atoms with E-state index in [1.807, 2.05) is 36.4 Å². The standard InChI is InChI=1S/C25H23ClN2O2/c1-4-17-9-10-18(14-23(17)26)24-27-25(30-28-24)19-11-12-22(20(13-19)15-29-3)21-8-6-5-7-16(21)2/h5-14H,4,15H2,1-3H3. The highest BCUT2D eigenvalue weighted by atomic mass is 35.5. The smallest absolute Gasteiger partial charge is 0.258 e. The van der Waals surface area contributed by atoms with Crippen molar-refractivity contribution in [1.29, 1.82) is 0 Å². The third kappa shape index (κ3) is 4.02. The quantitative estimate of drug-likeness (QED) is 0.348. The Kier molecular flexibility index (Phi) is 5.98. The number of halogens is 1. The van der Waals surface area contributed by atoms with Crippen LogP contribution in [0.4, 0.5) is 0 Å². The lowest BCUT2D eigenvalue weighted by molar-refractivity contribution is 0.185. The van der Waals surface area contributed by atoms with E-state index in [2.05, 4.69) is 48.3 Å². The van der Waals surface area contributed by atoms with E-state index in [0.717, 1.165) is 34.2 Å². The van der Waals surface area contributed by atoms with E-state index in [1.54, 1.807) is 7.11 Å². The minimum Gasteiger partial charge on any atom is -0.380 e. The lowest BCUT2D eigenvalue weighted by atomic mass is 9.94. The van der Waals surface area contributed by atoms with Crippen molar-refractivity contribution in [2.75, 3.05) is 7.11 Å². The summed E-state index contributed by atoms with van der Waals surface area (Å²) in [6.07, 6.45) is 0.881. The second-order valence-corrected chi connectivity index (χ2v) is 7.61.